The van der Waals surface area contributed by atoms with Crippen molar-refractivity contribution in [2.75, 3.05) is 26.2 Å². The molecule has 170 valence electrons. The summed E-state index contributed by atoms with van der Waals surface area (Å²) in [5.41, 5.74) is 2.55. The first kappa shape index (κ1) is 26.7. The second-order valence-corrected chi connectivity index (χ2v) is 8.23. The maximum absolute atomic E-state index is 12.5. The van der Waals surface area contributed by atoms with Gasteiger partial charge in [0.05, 0.1) is 0 Å². The Kier molecular flexibility index (Phi) is 12.3. The first-order valence-electron chi connectivity index (χ1n) is 11.0. The van der Waals surface area contributed by atoms with Crippen molar-refractivity contribution in [3.05, 3.63) is 35.4 Å². The second kappa shape index (κ2) is 13.9. The van der Waals surface area contributed by atoms with Crippen molar-refractivity contribution in [3.63, 3.8) is 0 Å². The van der Waals surface area contributed by atoms with Gasteiger partial charge in [0, 0.05) is 57.8 Å². The van der Waals surface area contributed by atoms with Crippen molar-refractivity contribution in [1.29, 1.82) is 0 Å². The topological polar surface area (TPSA) is 60.0 Å². The quantitative estimate of drug-likeness (QED) is 0.211. The fourth-order valence-corrected chi connectivity index (χ4v) is 3.85. The van der Waals surface area contributed by atoms with Crippen molar-refractivity contribution >= 4 is 35.8 Å². The lowest BCUT2D eigenvalue weighted by atomic mass is 10.1. The highest BCUT2D eigenvalue weighted by Crippen LogP contribution is 2.22. The second-order valence-electron chi connectivity index (χ2n) is 8.23. The molecule has 0 aliphatic carbocycles. The van der Waals surface area contributed by atoms with E-state index in [0.29, 0.717) is 25.0 Å². The van der Waals surface area contributed by atoms with Gasteiger partial charge in [-0.1, -0.05) is 24.3 Å². The number of halogens is 1. The Morgan fingerprint density at radius 3 is 2.23 bits per heavy atom. The molecule has 7 heteroatoms. The third-order valence-corrected chi connectivity index (χ3v) is 5.35. The van der Waals surface area contributed by atoms with Crippen LogP contribution in [0, 0.1) is 0 Å². The van der Waals surface area contributed by atoms with Crippen molar-refractivity contribution in [2.24, 2.45) is 4.99 Å². The van der Waals surface area contributed by atoms with Gasteiger partial charge in [-0.3, -0.25) is 14.7 Å². The number of fused-ring (bicyclic) bond motifs is 1. The largest absolute Gasteiger partial charge is 0.357 e. The number of hydrogen-bond acceptors (Lipinski definition) is 3. The molecule has 0 unspecified atom stereocenters. The molecule has 0 radical (unpaired) electrons. The molecule has 6 nitrogen and oxygen atoms in total. The SMILES string of the molecule is CCNC(=NCCCC(=O)N1Cc2ccccc2C1)NCCN(C(C)C)C(C)C.I. The third-order valence-electron chi connectivity index (χ3n) is 5.35. The number of nitrogens with one attached hydrogen (secondary N) is 2. The summed E-state index contributed by atoms with van der Waals surface area (Å²) >= 11 is 0. The summed E-state index contributed by atoms with van der Waals surface area (Å²) in [4.78, 5) is 21.6. The molecule has 2 rings (SSSR count). The number of guanidine groups is 1. The van der Waals surface area contributed by atoms with Gasteiger partial charge in [-0.2, -0.15) is 0 Å². The Balaban J connectivity index is 0.00000450. The maximum Gasteiger partial charge on any atom is 0.223 e. The molecule has 0 saturated heterocycles. The lowest BCUT2D eigenvalue weighted by Crippen LogP contribution is -2.45. The normalized spacial score (nSPS) is 13.6. The Labute approximate surface area is 199 Å². The molecule has 1 aliphatic heterocycles. The summed E-state index contributed by atoms with van der Waals surface area (Å²) in [6.45, 7) is 15.8. The van der Waals surface area contributed by atoms with Crippen LogP contribution < -0.4 is 10.6 Å². The highest BCUT2D eigenvalue weighted by atomic mass is 127. The number of carbonyl (C=O) groups excluding carboxylic acids is 1. The molecular weight excluding hydrogens is 489 g/mol. The standard InChI is InChI=1S/C23H39N5O.HI/c1-6-24-23(26-14-15-28(18(2)3)19(4)5)25-13-9-12-22(29)27-16-20-10-7-8-11-21(20)17-27;/h7-8,10-11,18-19H,6,9,12-17H2,1-5H3,(H2,24,25,26);1H. The zero-order valence-electron chi connectivity index (χ0n) is 19.3. The molecule has 0 saturated carbocycles. The monoisotopic (exact) mass is 529 g/mol. The van der Waals surface area contributed by atoms with E-state index in [0.717, 1.165) is 45.1 Å². The minimum atomic E-state index is 0. The molecule has 1 aliphatic rings. The van der Waals surface area contributed by atoms with Crippen molar-refractivity contribution < 1.29 is 4.79 Å². The van der Waals surface area contributed by atoms with Gasteiger partial charge in [-0.15, -0.1) is 24.0 Å². The van der Waals surface area contributed by atoms with Crippen molar-refractivity contribution in [1.82, 2.24) is 20.4 Å². The Bertz CT molecular complexity index is 644. The molecular formula is C23H40IN5O. The predicted octanol–water partition coefficient (Wildman–Crippen LogP) is 3.60. The molecule has 30 heavy (non-hydrogen) atoms. The molecule has 0 aromatic heterocycles. The number of aliphatic imine (C=N–C) groups is 1. The summed E-state index contributed by atoms with van der Waals surface area (Å²) in [6, 6.07) is 9.36. The van der Waals surface area contributed by atoms with Gasteiger partial charge >= 0.3 is 0 Å². The van der Waals surface area contributed by atoms with Crippen LogP contribution in [0.1, 0.15) is 58.6 Å². The average Bonchev–Trinajstić information content (AvgIpc) is 3.12. The van der Waals surface area contributed by atoms with Crippen LogP contribution in [0.4, 0.5) is 0 Å². The fourth-order valence-electron chi connectivity index (χ4n) is 3.85. The lowest BCUT2D eigenvalue weighted by Gasteiger charge is -2.30. The first-order chi connectivity index (χ1) is 13.9. The highest BCUT2D eigenvalue weighted by molar-refractivity contribution is 14.0. The Hall–Kier alpha value is -1.35. The number of hydrogen-bond donors (Lipinski definition) is 2. The zero-order chi connectivity index (χ0) is 21.2. The molecule has 0 bridgehead atoms. The van der Waals surface area contributed by atoms with Crippen molar-refractivity contribution in [3.8, 4) is 0 Å². The summed E-state index contributed by atoms with van der Waals surface area (Å²) in [6.07, 6.45) is 1.32. The molecule has 0 fully saturated rings. The van der Waals surface area contributed by atoms with Crippen LogP contribution in [0.5, 0.6) is 0 Å². The van der Waals surface area contributed by atoms with E-state index in [-0.39, 0.29) is 29.9 Å². The van der Waals surface area contributed by atoms with Gasteiger partial charge in [0.25, 0.3) is 0 Å². The molecule has 0 atom stereocenters. The lowest BCUT2D eigenvalue weighted by molar-refractivity contribution is -0.131. The summed E-state index contributed by atoms with van der Waals surface area (Å²) in [5, 5.41) is 6.71. The van der Waals surface area contributed by atoms with E-state index in [9.17, 15) is 4.79 Å². The summed E-state index contributed by atoms with van der Waals surface area (Å²) in [5.74, 6) is 1.06. The van der Waals surface area contributed by atoms with Crippen LogP contribution in [0.3, 0.4) is 0 Å². The predicted molar refractivity (Wildman–Crippen MR) is 136 cm³/mol. The molecule has 0 spiro atoms. The summed E-state index contributed by atoms with van der Waals surface area (Å²) in [7, 11) is 0. The van der Waals surface area contributed by atoms with E-state index >= 15 is 0 Å². The first-order valence-corrected chi connectivity index (χ1v) is 11.0. The number of benzene rings is 1. The van der Waals surface area contributed by atoms with E-state index < -0.39 is 0 Å². The van der Waals surface area contributed by atoms with Gasteiger partial charge in [-0.05, 0) is 52.2 Å². The number of amides is 1. The minimum absolute atomic E-state index is 0. The highest BCUT2D eigenvalue weighted by Gasteiger charge is 2.22. The Morgan fingerprint density at radius 1 is 1.10 bits per heavy atom. The fraction of sp³-hybridized carbons (Fsp3) is 0.652. The minimum Gasteiger partial charge on any atom is -0.357 e. The van der Waals surface area contributed by atoms with E-state index in [1.165, 1.54) is 11.1 Å². The zero-order valence-corrected chi connectivity index (χ0v) is 21.6. The van der Waals surface area contributed by atoms with E-state index in [4.69, 9.17) is 0 Å². The average molecular weight is 530 g/mol. The Morgan fingerprint density at radius 2 is 1.70 bits per heavy atom. The summed E-state index contributed by atoms with van der Waals surface area (Å²) < 4.78 is 0. The van der Waals surface area contributed by atoms with Gasteiger partial charge in [-0.25, -0.2) is 0 Å². The van der Waals surface area contributed by atoms with E-state index in [1.54, 1.807) is 0 Å². The number of nitrogens with zero attached hydrogens (tertiary/aromatic N) is 3. The van der Waals surface area contributed by atoms with Crippen molar-refractivity contribution in [2.45, 2.75) is 72.6 Å². The van der Waals surface area contributed by atoms with Crippen LogP contribution in [-0.4, -0.2) is 59.9 Å². The van der Waals surface area contributed by atoms with Crippen LogP contribution in [0.25, 0.3) is 0 Å². The van der Waals surface area contributed by atoms with Gasteiger partial charge in [0.1, 0.15) is 0 Å². The molecule has 1 amide bonds. The van der Waals surface area contributed by atoms with Crippen LogP contribution in [-0.2, 0) is 17.9 Å². The molecule has 1 aromatic rings. The van der Waals surface area contributed by atoms with Gasteiger partial charge in [0.15, 0.2) is 5.96 Å². The van der Waals surface area contributed by atoms with Crippen LogP contribution in [0.2, 0.25) is 0 Å². The van der Waals surface area contributed by atoms with Gasteiger partial charge < -0.3 is 15.5 Å². The maximum atomic E-state index is 12.5. The van der Waals surface area contributed by atoms with E-state index in [2.05, 4.69) is 67.3 Å². The molecule has 2 N–H and O–H groups in total. The molecule has 1 aromatic carbocycles. The van der Waals surface area contributed by atoms with Gasteiger partial charge in [0.2, 0.25) is 5.91 Å². The molecule has 1 heterocycles. The van der Waals surface area contributed by atoms with E-state index in [1.807, 2.05) is 17.0 Å². The number of rotatable bonds is 10. The smallest absolute Gasteiger partial charge is 0.223 e. The van der Waals surface area contributed by atoms with Crippen LogP contribution in [0.15, 0.2) is 29.3 Å². The third kappa shape index (κ3) is 8.41. The van der Waals surface area contributed by atoms with Crippen LogP contribution >= 0.6 is 24.0 Å². The number of carbonyl (C=O) groups is 1.